The molecule has 0 amide bonds. The summed E-state index contributed by atoms with van der Waals surface area (Å²) in [4.78, 5) is 2.61. The van der Waals surface area contributed by atoms with Crippen LogP contribution in [0.5, 0.6) is 0 Å². The first kappa shape index (κ1) is 10.00. The van der Waals surface area contributed by atoms with Crippen molar-refractivity contribution in [2.75, 3.05) is 13.2 Å². The Balaban J connectivity index is 3.57. The second-order valence-corrected chi connectivity index (χ2v) is 1.92. The Labute approximate surface area is 70.1 Å². The Bertz CT molecular complexity index is 119. The van der Waals surface area contributed by atoms with Crippen LogP contribution in [-0.4, -0.2) is 35.5 Å². The maximum atomic E-state index is 5.11. The minimum atomic E-state index is -0.365. The molecule has 0 rings (SSSR count). The van der Waals surface area contributed by atoms with Gasteiger partial charge in [0.25, 0.3) is 0 Å². The van der Waals surface area contributed by atoms with Crippen LogP contribution < -0.4 is 0 Å². The predicted molar refractivity (Wildman–Crippen MR) is 40.6 cm³/mol. The molecule has 58 valence electrons. The number of hydrogen-bond acceptors (Lipinski definition) is 2. The van der Waals surface area contributed by atoms with E-state index in [1.54, 1.807) is 0 Å². The molecule has 2 nitrogen and oxygen atoms in total. The molecular formula is C7H11O2Se-. The molecule has 3 heteroatoms. The van der Waals surface area contributed by atoms with Crippen LogP contribution in [0.2, 0.25) is 0 Å². The normalized spacial score (nSPS) is 9.10. The van der Waals surface area contributed by atoms with Gasteiger partial charge in [-0.2, -0.15) is 0 Å². The molecule has 0 aromatic rings. The van der Waals surface area contributed by atoms with E-state index >= 15 is 0 Å². The third-order valence-corrected chi connectivity index (χ3v) is 1.06. The van der Waals surface area contributed by atoms with Crippen LogP contribution in [0.1, 0.15) is 13.8 Å². The summed E-state index contributed by atoms with van der Waals surface area (Å²) in [6, 6.07) is 0. The van der Waals surface area contributed by atoms with Crippen molar-refractivity contribution in [2.45, 2.75) is 20.1 Å². The van der Waals surface area contributed by atoms with Crippen LogP contribution in [0.25, 0.3) is 0 Å². The molecule has 0 bridgehead atoms. The average Bonchev–Trinajstić information content (AvgIpc) is 1.90. The van der Waals surface area contributed by atoms with Crippen molar-refractivity contribution >= 4 is 16.0 Å². The van der Waals surface area contributed by atoms with Gasteiger partial charge in [0, 0.05) is 0 Å². The Morgan fingerprint density at radius 3 is 2.10 bits per heavy atom. The van der Waals surface area contributed by atoms with Gasteiger partial charge in [-0.1, -0.05) is 0 Å². The molecule has 0 aliphatic heterocycles. The molecule has 0 saturated heterocycles. The summed E-state index contributed by atoms with van der Waals surface area (Å²) in [6.45, 7) is 5.07. The van der Waals surface area contributed by atoms with Crippen LogP contribution in [0.15, 0.2) is 0 Å². The Morgan fingerprint density at radius 1 is 1.30 bits per heavy atom. The zero-order chi connectivity index (χ0) is 7.82. The Hall–Kier alpha value is -0.000519. The van der Waals surface area contributed by atoms with E-state index in [1.165, 1.54) is 0 Å². The number of rotatable bonds is 4. The summed E-state index contributed by atoms with van der Waals surface area (Å²) in [7, 11) is 0. The van der Waals surface area contributed by atoms with E-state index in [9.17, 15) is 0 Å². The van der Waals surface area contributed by atoms with Crippen LogP contribution >= 0.6 is 0 Å². The third-order valence-electron chi connectivity index (χ3n) is 0.813. The van der Waals surface area contributed by atoms with Gasteiger partial charge >= 0.3 is 69.6 Å². The van der Waals surface area contributed by atoms with Gasteiger partial charge in [-0.05, 0) is 0 Å². The molecule has 0 fully saturated rings. The second kappa shape index (κ2) is 7.11. The van der Waals surface area contributed by atoms with E-state index in [0.717, 1.165) is 0 Å². The standard InChI is InChI=1S/C7H12O2Se/c1-3-8-7(5-6-10)9-4-2/h7,10H,3-4H2,1-2H3/p-1. The van der Waals surface area contributed by atoms with E-state index in [2.05, 4.69) is 26.8 Å². The fourth-order valence-corrected chi connectivity index (χ4v) is 0.684. The molecule has 0 aliphatic carbocycles. The first-order valence-electron chi connectivity index (χ1n) is 3.21. The molecule has 0 aliphatic rings. The van der Waals surface area contributed by atoms with Gasteiger partial charge in [0.05, 0.1) is 0 Å². The summed E-state index contributed by atoms with van der Waals surface area (Å²) in [5, 5.41) is 0. The molecule has 0 unspecified atom stereocenters. The van der Waals surface area contributed by atoms with E-state index in [-0.39, 0.29) is 6.29 Å². The Kier molecular flexibility index (Phi) is 7.11. The molecule has 10 heavy (non-hydrogen) atoms. The van der Waals surface area contributed by atoms with Crippen molar-refractivity contribution in [1.29, 1.82) is 0 Å². The second-order valence-electron chi connectivity index (χ2n) is 1.49. The van der Waals surface area contributed by atoms with Gasteiger partial charge in [0.1, 0.15) is 0 Å². The maximum absolute atomic E-state index is 5.11. The first-order valence-corrected chi connectivity index (χ1v) is 4.06. The molecule has 0 saturated carbocycles. The zero-order valence-corrected chi connectivity index (χ0v) is 7.93. The number of hydrogen-bond donors (Lipinski definition) is 0. The average molecular weight is 206 g/mol. The molecule has 0 spiro atoms. The van der Waals surface area contributed by atoms with Crippen molar-refractivity contribution in [1.82, 2.24) is 0 Å². The van der Waals surface area contributed by atoms with E-state index in [0.29, 0.717) is 13.2 Å². The molecular weight excluding hydrogens is 195 g/mol. The summed E-state index contributed by atoms with van der Waals surface area (Å²) in [5.41, 5.74) is 0. The van der Waals surface area contributed by atoms with Crippen molar-refractivity contribution in [3.8, 4) is 10.7 Å². The monoisotopic (exact) mass is 207 g/mol. The van der Waals surface area contributed by atoms with Crippen LogP contribution in [-0.2, 0) is 9.47 Å². The van der Waals surface area contributed by atoms with Crippen molar-refractivity contribution in [3.05, 3.63) is 0 Å². The van der Waals surface area contributed by atoms with Gasteiger partial charge in [-0.3, -0.25) is 0 Å². The van der Waals surface area contributed by atoms with Gasteiger partial charge in [0.2, 0.25) is 0 Å². The van der Waals surface area contributed by atoms with Gasteiger partial charge in [-0.25, -0.2) is 0 Å². The summed E-state index contributed by atoms with van der Waals surface area (Å²) in [6.07, 6.45) is -0.365. The van der Waals surface area contributed by atoms with E-state index in [4.69, 9.17) is 9.47 Å². The molecule has 0 aromatic heterocycles. The van der Waals surface area contributed by atoms with E-state index < -0.39 is 0 Å². The molecule has 0 radical (unpaired) electrons. The predicted octanol–water partition coefficient (Wildman–Crippen LogP) is 0.515. The molecule has 0 heterocycles. The van der Waals surface area contributed by atoms with Crippen LogP contribution in [0.3, 0.4) is 0 Å². The van der Waals surface area contributed by atoms with Gasteiger partial charge < -0.3 is 0 Å². The SMILES string of the molecule is CCOC(C#C[Se-])OCC. The van der Waals surface area contributed by atoms with Gasteiger partial charge in [-0.15, -0.1) is 0 Å². The first-order chi connectivity index (χ1) is 4.85. The zero-order valence-electron chi connectivity index (χ0n) is 6.22. The van der Waals surface area contributed by atoms with Crippen molar-refractivity contribution in [2.24, 2.45) is 0 Å². The number of ether oxygens (including phenoxy) is 2. The summed E-state index contributed by atoms with van der Waals surface area (Å²) >= 11 is 2.57. The molecule has 0 atom stereocenters. The van der Waals surface area contributed by atoms with Crippen LogP contribution in [0, 0.1) is 10.7 Å². The fraction of sp³-hybridized carbons (Fsp3) is 0.714. The quantitative estimate of drug-likeness (QED) is 0.379. The topological polar surface area (TPSA) is 18.5 Å². The van der Waals surface area contributed by atoms with Gasteiger partial charge in [0.15, 0.2) is 0 Å². The Morgan fingerprint density at radius 2 is 1.80 bits per heavy atom. The third kappa shape index (κ3) is 4.84. The minimum absolute atomic E-state index is 0.365. The van der Waals surface area contributed by atoms with E-state index in [1.807, 2.05) is 13.8 Å². The van der Waals surface area contributed by atoms with Crippen molar-refractivity contribution < 1.29 is 9.47 Å². The molecule has 0 aromatic carbocycles. The fourth-order valence-electron chi connectivity index (χ4n) is 0.482. The molecule has 0 N–H and O–H groups in total. The van der Waals surface area contributed by atoms with Crippen molar-refractivity contribution in [3.63, 3.8) is 0 Å². The summed E-state index contributed by atoms with van der Waals surface area (Å²) < 4.78 is 10.2. The summed E-state index contributed by atoms with van der Waals surface area (Å²) in [5.74, 6) is 2.73. The van der Waals surface area contributed by atoms with Crippen LogP contribution in [0.4, 0.5) is 0 Å².